The van der Waals surface area contributed by atoms with Crippen LogP contribution < -0.4 is 9.80 Å². The van der Waals surface area contributed by atoms with Gasteiger partial charge in [0, 0.05) is 18.7 Å². The van der Waals surface area contributed by atoms with Gasteiger partial charge in [0.1, 0.15) is 17.7 Å². The summed E-state index contributed by atoms with van der Waals surface area (Å²) < 4.78 is 40.7. The molecule has 9 heteroatoms. The fourth-order valence-electron chi connectivity index (χ4n) is 4.54. The van der Waals surface area contributed by atoms with Crippen LogP contribution in [0.3, 0.4) is 0 Å². The van der Waals surface area contributed by atoms with E-state index in [1.807, 2.05) is 4.90 Å². The van der Waals surface area contributed by atoms with Crippen LogP contribution in [0.15, 0.2) is 36.4 Å². The largest absolute Gasteiger partial charge is 0.445 e. The van der Waals surface area contributed by atoms with E-state index >= 15 is 0 Å². The lowest BCUT2D eigenvalue weighted by molar-refractivity contribution is -0.110. The van der Waals surface area contributed by atoms with Crippen LogP contribution in [-0.2, 0) is 14.3 Å². The summed E-state index contributed by atoms with van der Waals surface area (Å²) in [6, 6.07) is 9.16. The van der Waals surface area contributed by atoms with Crippen LogP contribution in [0, 0.1) is 11.6 Å². The number of rotatable bonds is 6. The van der Waals surface area contributed by atoms with Gasteiger partial charge in [0.2, 0.25) is 7.28 Å². The van der Waals surface area contributed by atoms with Gasteiger partial charge in [0.05, 0.1) is 35.8 Å². The van der Waals surface area contributed by atoms with Gasteiger partial charge in [0.25, 0.3) is 0 Å². The standard InChI is InChI=1S/C24H24BF2N2O4/c1-15(30)25-12-18-13-29(23(31)33-18)17-3-4-19(20(26)11-17)16-2-5-22(21(27)10-16)28-8-6-24(7-9-28)14-32-24/h2-5,10-11,18H,6-9,12-14H2,1H3/t18-/m0/s1. The number of carbonyl (C=O) groups excluding carboxylic acids is 2. The predicted molar refractivity (Wildman–Crippen MR) is 121 cm³/mol. The number of hydrogen-bond donors (Lipinski definition) is 0. The summed E-state index contributed by atoms with van der Waals surface area (Å²) in [7, 11) is 1.46. The Balaban J connectivity index is 1.30. The summed E-state index contributed by atoms with van der Waals surface area (Å²) >= 11 is 0. The van der Waals surface area contributed by atoms with E-state index in [-0.39, 0.29) is 23.4 Å². The van der Waals surface area contributed by atoms with Gasteiger partial charge in [-0.25, -0.2) is 13.6 Å². The molecule has 0 unspecified atom stereocenters. The molecule has 6 nitrogen and oxygen atoms in total. The van der Waals surface area contributed by atoms with E-state index in [2.05, 4.69) is 0 Å². The maximum absolute atomic E-state index is 15.0. The van der Waals surface area contributed by atoms with Crippen LogP contribution in [-0.4, -0.2) is 57.0 Å². The summed E-state index contributed by atoms with van der Waals surface area (Å²) in [6.07, 6.45) is 1.05. The number of epoxide rings is 1. The first-order valence-electron chi connectivity index (χ1n) is 11.1. The third-order valence-electron chi connectivity index (χ3n) is 6.63. The van der Waals surface area contributed by atoms with E-state index in [0.29, 0.717) is 23.3 Å². The second-order valence-electron chi connectivity index (χ2n) is 8.96. The van der Waals surface area contributed by atoms with Gasteiger partial charge in [-0.2, -0.15) is 0 Å². The maximum Gasteiger partial charge on any atom is 0.414 e. The van der Waals surface area contributed by atoms with Crippen molar-refractivity contribution in [3.05, 3.63) is 48.0 Å². The molecule has 33 heavy (non-hydrogen) atoms. The zero-order valence-corrected chi connectivity index (χ0v) is 18.4. The van der Waals surface area contributed by atoms with Crippen molar-refractivity contribution in [3.63, 3.8) is 0 Å². The summed E-state index contributed by atoms with van der Waals surface area (Å²) in [5, 5.41) is 0. The van der Waals surface area contributed by atoms with Crippen molar-refractivity contribution < 1.29 is 27.8 Å². The molecule has 1 atom stereocenters. The molecule has 5 rings (SSSR count). The Morgan fingerprint density at radius 3 is 2.55 bits per heavy atom. The van der Waals surface area contributed by atoms with Crippen LogP contribution >= 0.6 is 0 Å². The van der Waals surface area contributed by atoms with E-state index < -0.39 is 23.8 Å². The van der Waals surface area contributed by atoms with Crippen LogP contribution in [0.25, 0.3) is 11.1 Å². The lowest BCUT2D eigenvalue weighted by Gasteiger charge is -2.32. The number of ether oxygens (including phenoxy) is 2. The number of hydrogen-bond acceptors (Lipinski definition) is 5. The minimum absolute atomic E-state index is 0.0191. The van der Waals surface area contributed by atoms with Crippen molar-refractivity contribution >= 4 is 30.4 Å². The highest BCUT2D eigenvalue weighted by atomic mass is 19.1. The molecule has 1 spiro atoms. The van der Waals surface area contributed by atoms with E-state index in [1.54, 1.807) is 18.2 Å². The fourth-order valence-corrected chi connectivity index (χ4v) is 4.54. The number of anilines is 2. The predicted octanol–water partition coefficient (Wildman–Crippen LogP) is 4.00. The minimum Gasteiger partial charge on any atom is -0.445 e. The monoisotopic (exact) mass is 453 g/mol. The Hall–Kier alpha value is -2.94. The van der Waals surface area contributed by atoms with Gasteiger partial charge in [0.15, 0.2) is 0 Å². The molecule has 1 radical (unpaired) electrons. The second kappa shape index (κ2) is 8.45. The van der Waals surface area contributed by atoms with E-state index in [0.717, 1.165) is 32.5 Å². The third kappa shape index (κ3) is 4.46. The highest BCUT2D eigenvalue weighted by Crippen LogP contribution is 2.40. The summed E-state index contributed by atoms with van der Waals surface area (Å²) in [5.74, 6) is -0.951. The molecule has 3 fully saturated rings. The first-order valence-corrected chi connectivity index (χ1v) is 11.1. The molecule has 0 aromatic heterocycles. The number of amides is 1. The van der Waals surface area contributed by atoms with Gasteiger partial charge in [-0.05, 0) is 62.0 Å². The van der Waals surface area contributed by atoms with Crippen molar-refractivity contribution in [2.45, 2.75) is 37.8 Å². The third-order valence-corrected chi connectivity index (χ3v) is 6.63. The van der Waals surface area contributed by atoms with Crippen molar-refractivity contribution in [1.82, 2.24) is 0 Å². The summed E-state index contributed by atoms with van der Waals surface area (Å²) in [6.45, 7) is 3.92. The maximum atomic E-state index is 15.0. The molecule has 3 aliphatic rings. The van der Waals surface area contributed by atoms with Gasteiger partial charge in [-0.3, -0.25) is 4.90 Å². The molecule has 2 aromatic rings. The van der Waals surface area contributed by atoms with Crippen LogP contribution in [0.5, 0.6) is 0 Å². The molecule has 0 N–H and O–H groups in total. The molecule has 1 amide bonds. The Morgan fingerprint density at radius 1 is 1.15 bits per heavy atom. The van der Waals surface area contributed by atoms with Gasteiger partial charge in [-0.15, -0.1) is 0 Å². The van der Waals surface area contributed by atoms with Gasteiger partial charge < -0.3 is 19.2 Å². The number of halogens is 2. The Bertz CT molecular complexity index is 1100. The van der Waals surface area contributed by atoms with E-state index in [9.17, 15) is 18.4 Å². The molecule has 3 heterocycles. The highest BCUT2D eigenvalue weighted by Gasteiger charge is 2.46. The molecular weight excluding hydrogens is 429 g/mol. The second-order valence-corrected chi connectivity index (χ2v) is 8.96. The summed E-state index contributed by atoms with van der Waals surface area (Å²) in [4.78, 5) is 26.7. The average molecular weight is 453 g/mol. The number of carbonyl (C=O) groups is 2. The summed E-state index contributed by atoms with van der Waals surface area (Å²) in [5.41, 5.74) is 1.47. The molecule has 0 aliphatic carbocycles. The van der Waals surface area contributed by atoms with Crippen molar-refractivity contribution in [2.75, 3.05) is 36.0 Å². The van der Waals surface area contributed by atoms with Crippen molar-refractivity contribution in [1.29, 1.82) is 0 Å². The molecule has 3 aliphatic heterocycles. The number of benzene rings is 2. The molecular formula is C24H24BF2N2O4. The van der Waals surface area contributed by atoms with Crippen molar-refractivity contribution in [3.8, 4) is 11.1 Å². The number of piperidine rings is 1. The van der Waals surface area contributed by atoms with Crippen molar-refractivity contribution in [2.24, 2.45) is 0 Å². The first kappa shape index (κ1) is 21.9. The Morgan fingerprint density at radius 2 is 1.91 bits per heavy atom. The molecule has 3 saturated heterocycles. The zero-order valence-electron chi connectivity index (χ0n) is 18.4. The lowest BCUT2D eigenvalue weighted by atomic mass is 9.69. The smallest absolute Gasteiger partial charge is 0.414 e. The number of nitrogens with zero attached hydrogens (tertiary/aromatic N) is 2. The van der Waals surface area contributed by atoms with Crippen LogP contribution in [0.4, 0.5) is 25.0 Å². The zero-order chi connectivity index (χ0) is 23.2. The molecule has 2 aromatic carbocycles. The average Bonchev–Trinajstić information content (AvgIpc) is 3.43. The van der Waals surface area contributed by atoms with Gasteiger partial charge in [-0.1, -0.05) is 6.07 Å². The topological polar surface area (TPSA) is 62.4 Å². The molecule has 171 valence electrons. The first-order chi connectivity index (χ1) is 15.8. The fraction of sp³-hybridized carbons (Fsp3) is 0.417. The highest BCUT2D eigenvalue weighted by molar-refractivity contribution is 6.73. The number of cyclic esters (lactones) is 1. The van der Waals surface area contributed by atoms with Gasteiger partial charge >= 0.3 is 6.09 Å². The Labute approximate surface area is 191 Å². The Kier molecular flexibility index (Phi) is 5.60. The normalized spacial score (nSPS) is 21.3. The van der Waals surface area contributed by atoms with Crippen LogP contribution in [0.1, 0.15) is 19.8 Å². The SMILES string of the molecule is CC(=O)[B]C[C@H]1CN(c2ccc(-c3ccc(N4CCC5(CC4)CO5)c(F)c3)c(F)c2)C(=O)O1. The molecule has 0 bridgehead atoms. The van der Waals surface area contributed by atoms with E-state index in [1.165, 1.54) is 37.3 Å². The molecule has 0 saturated carbocycles. The quantitative estimate of drug-likeness (QED) is 0.489. The van der Waals surface area contributed by atoms with E-state index in [4.69, 9.17) is 9.47 Å². The lowest BCUT2D eigenvalue weighted by Crippen LogP contribution is -2.38. The minimum atomic E-state index is -0.584. The van der Waals surface area contributed by atoms with Crippen LogP contribution in [0.2, 0.25) is 6.32 Å².